The Hall–Kier alpha value is -3.19. The summed E-state index contributed by atoms with van der Waals surface area (Å²) >= 11 is 6.04. The van der Waals surface area contributed by atoms with Crippen molar-refractivity contribution in [3.8, 4) is 5.75 Å². The molecule has 138 valence electrons. The van der Waals surface area contributed by atoms with Gasteiger partial charge < -0.3 is 4.74 Å². The minimum absolute atomic E-state index is 0.227. The summed E-state index contributed by atoms with van der Waals surface area (Å²) in [7, 11) is 0. The molecule has 2 N–H and O–H groups in total. The summed E-state index contributed by atoms with van der Waals surface area (Å²) in [5, 5.41) is 1.08. The number of pyridine rings is 1. The van der Waals surface area contributed by atoms with Crippen LogP contribution in [-0.2, 0) is 4.79 Å². The summed E-state index contributed by atoms with van der Waals surface area (Å²) in [6.45, 7) is 1.50. The average Bonchev–Trinajstić information content (AvgIpc) is 2.66. The number of halogens is 2. The van der Waals surface area contributed by atoms with Gasteiger partial charge in [-0.25, -0.2) is 4.39 Å². The minimum Gasteiger partial charge on any atom is -0.481 e. The lowest BCUT2D eigenvalue weighted by Gasteiger charge is -2.15. The number of nitrogens with one attached hydrogen (secondary N) is 2. The topological polar surface area (TPSA) is 80.3 Å². The summed E-state index contributed by atoms with van der Waals surface area (Å²) in [5.74, 6) is -1.22. The Morgan fingerprint density at radius 1 is 1.15 bits per heavy atom. The van der Waals surface area contributed by atoms with Crippen LogP contribution in [0.4, 0.5) is 4.39 Å². The zero-order valence-corrected chi connectivity index (χ0v) is 15.0. The Morgan fingerprint density at radius 3 is 2.63 bits per heavy atom. The molecular weight excluding hydrogens is 373 g/mol. The summed E-state index contributed by atoms with van der Waals surface area (Å²) in [6, 6.07) is 11.9. The molecule has 0 aliphatic heterocycles. The molecule has 1 heterocycles. The van der Waals surface area contributed by atoms with Crippen LogP contribution in [0.1, 0.15) is 17.3 Å². The number of ether oxygens (including phenoxy) is 1. The van der Waals surface area contributed by atoms with E-state index >= 15 is 0 Å². The predicted molar refractivity (Wildman–Crippen MR) is 98.9 cm³/mol. The smallest absolute Gasteiger partial charge is 0.279 e. The summed E-state index contributed by atoms with van der Waals surface area (Å²) in [5.41, 5.74) is 5.29. The number of hydrogen-bond donors (Lipinski definition) is 2. The lowest BCUT2D eigenvalue weighted by Crippen LogP contribution is -2.47. The molecule has 1 aromatic heterocycles. The number of hydrazine groups is 1. The molecule has 1 unspecified atom stereocenters. The van der Waals surface area contributed by atoms with Gasteiger partial charge in [0.15, 0.2) is 6.10 Å². The van der Waals surface area contributed by atoms with Crippen molar-refractivity contribution >= 4 is 34.3 Å². The number of benzene rings is 2. The van der Waals surface area contributed by atoms with Crippen LogP contribution in [0.3, 0.4) is 0 Å². The Labute approximate surface area is 159 Å². The predicted octanol–water partition coefficient (Wildman–Crippen LogP) is 3.26. The molecule has 0 bridgehead atoms. The van der Waals surface area contributed by atoms with Gasteiger partial charge in [0.05, 0.1) is 11.1 Å². The first kappa shape index (κ1) is 18.6. The molecule has 0 fully saturated rings. The highest BCUT2D eigenvalue weighted by Gasteiger charge is 2.17. The van der Waals surface area contributed by atoms with Gasteiger partial charge in [-0.2, -0.15) is 0 Å². The van der Waals surface area contributed by atoms with E-state index in [1.54, 1.807) is 24.4 Å². The number of carbonyl (C=O) groups is 2. The zero-order chi connectivity index (χ0) is 19.4. The molecule has 2 aromatic carbocycles. The molecule has 8 heteroatoms. The molecule has 0 saturated carbocycles. The first-order valence-corrected chi connectivity index (χ1v) is 8.38. The molecule has 1 atom stereocenters. The Morgan fingerprint density at radius 2 is 1.89 bits per heavy atom. The Bertz CT molecular complexity index is 995. The first-order valence-electron chi connectivity index (χ1n) is 8.01. The fourth-order valence-electron chi connectivity index (χ4n) is 2.39. The van der Waals surface area contributed by atoms with Crippen molar-refractivity contribution in [1.29, 1.82) is 0 Å². The third kappa shape index (κ3) is 4.51. The van der Waals surface area contributed by atoms with E-state index in [4.69, 9.17) is 16.3 Å². The third-order valence-corrected chi connectivity index (χ3v) is 3.93. The number of rotatable bonds is 4. The standard InChI is InChI=1S/C19H15ClFN3O3/c1-11(27-15-6-4-14(21)5-7-15)18(25)23-24-19(26)16-10-13(20)9-12-3-2-8-22-17(12)16/h2-11H,1H3,(H,23,25)(H,24,26). The molecular formula is C19H15ClFN3O3. The van der Waals surface area contributed by atoms with Gasteiger partial charge in [0.1, 0.15) is 11.6 Å². The second kappa shape index (κ2) is 8.01. The van der Waals surface area contributed by atoms with E-state index < -0.39 is 23.7 Å². The van der Waals surface area contributed by atoms with Gasteiger partial charge in [-0.1, -0.05) is 17.7 Å². The minimum atomic E-state index is -0.912. The molecule has 0 aliphatic carbocycles. The van der Waals surface area contributed by atoms with Gasteiger partial charge >= 0.3 is 0 Å². The fraction of sp³-hybridized carbons (Fsp3) is 0.105. The van der Waals surface area contributed by atoms with E-state index in [1.165, 1.54) is 37.3 Å². The lowest BCUT2D eigenvalue weighted by atomic mass is 10.1. The van der Waals surface area contributed by atoms with Crippen LogP contribution < -0.4 is 15.6 Å². The Balaban J connectivity index is 1.65. The fourth-order valence-corrected chi connectivity index (χ4v) is 2.61. The van der Waals surface area contributed by atoms with Gasteiger partial charge in [0.2, 0.25) is 0 Å². The van der Waals surface area contributed by atoms with Crippen LogP contribution in [0.25, 0.3) is 10.9 Å². The van der Waals surface area contributed by atoms with E-state index in [0.717, 1.165) is 0 Å². The van der Waals surface area contributed by atoms with Crippen molar-refractivity contribution in [2.45, 2.75) is 13.0 Å². The van der Waals surface area contributed by atoms with Crippen molar-refractivity contribution in [3.63, 3.8) is 0 Å². The maximum absolute atomic E-state index is 12.9. The van der Waals surface area contributed by atoms with Crippen molar-refractivity contribution in [1.82, 2.24) is 15.8 Å². The van der Waals surface area contributed by atoms with Crippen molar-refractivity contribution < 1.29 is 18.7 Å². The highest BCUT2D eigenvalue weighted by Crippen LogP contribution is 2.22. The Kier molecular flexibility index (Phi) is 5.52. The van der Waals surface area contributed by atoms with Crippen molar-refractivity contribution in [2.24, 2.45) is 0 Å². The SMILES string of the molecule is CC(Oc1ccc(F)cc1)C(=O)NNC(=O)c1cc(Cl)cc2cccnc12. The second-order valence-electron chi connectivity index (χ2n) is 5.69. The molecule has 6 nitrogen and oxygen atoms in total. The van der Waals surface area contributed by atoms with Gasteiger partial charge in [-0.3, -0.25) is 25.4 Å². The summed E-state index contributed by atoms with van der Waals surface area (Å²) < 4.78 is 18.3. The normalized spacial score (nSPS) is 11.7. The van der Waals surface area contributed by atoms with Crippen molar-refractivity contribution in [3.05, 3.63) is 71.1 Å². The van der Waals surface area contributed by atoms with E-state index in [9.17, 15) is 14.0 Å². The zero-order valence-electron chi connectivity index (χ0n) is 14.2. The summed E-state index contributed by atoms with van der Waals surface area (Å²) in [6.07, 6.45) is 0.648. The van der Waals surface area contributed by atoms with E-state index in [0.29, 0.717) is 21.7 Å². The molecule has 0 aliphatic rings. The number of amides is 2. The van der Waals surface area contributed by atoms with Crippen LogP contribution in [-0.4, -0.2) is 22.9 Å². The largest absolute Gasteiger partial charge is 0.481 e. The van der Waals surface area contributed by atoms with Gasteiger partial charge in [0.25, 0.3) is 11.8 Å². The van der Waals surface area contributed by atoms with Crippen LogP contribution >= 0.6 is 11.6 Å². The quantitative estimate of drug-likeness (QED) is 0.673. The van der Waals surface area contributed by atoms with Crippen LogP contribution in [0, 0.1) is 5.82 Å². The number of fused-ring (bicyclic) bond motifs is 1. The number of hydrogen-bond acceptors (Lipinski definition) is 4. The van der Waals surface area contributed by atoms with Gasteiger partial charge in [-0.05, 0) is 49.4 Å². The highest BCUT2D eigenvalue weighted by atomic mass is 35.5. The molecule has 3 rings (SSSR count). The van der Waals surface area contributed by atoms with E-state index in [2.05, 4.69) is 15.8 Å². The lowest BCUT2D eigenvalue weighted by molar-refractivity contribution is -0.128. The first-order chi connectivity index (χ1) is 12.9. The van der Waals surface area contributed by atoms with Gasteiger partial charge in [0, 0.05) is 16.6 Å². The molecule has 2 amide bonds. The maximum atomic E-state index is 12.9. The third-order valence-electron chi connectivity index (χ3n) is 3.71. The van der Waals surface area contributed by atoms with E-state index in [-0.39, 0.29) is 5.56 Å². The number of carbonyl (C=O) groups excluding carboxylic acids is 2. The molecule has 0 saturated heterocycles. The molecule has 0 spiro atoms. The summed E-state index contributed by atoms with van der Waals surface area (Å²) in [4.78, 5) is 28.7. The molecule has 3 aromatic rings. The second-order valence-corrected chi connectivity index (χ2v) is 6.12. The van der Waals surface area contributed by atoms with Gasteiger partial charge in [-0.15, -0.1) is 0 Å². The monoisotopic (exact) mass is 387 g/mol. The number of aromatic nitrogens is 1. The highest BCUT2D eigenvalue weighted by molar-refractivity contribution is 6.32. The van der Waals surface area contributed by atoms with Crippen LogP contribution in [0.2, 0.25) is 5.02 Å². The number of nitrogens with zero attached hydrogens (tertiary/aromatic N) is 1. The molecule has 0 radical (unpaired) electrons. The van der Waals surface area contributed by atoms with E-state index in [1.807, 2.05) is 0 Å². The molecule has 27 heavy (non-hydrogen) atoms. The van der Waals surface area contributed by atoms with Crippen molar-refractivity contribution in [2.75, 3.05) is 0 Å². The van der Waals surface area contributed by atoms with Crippen LogP contribution in [0.15, 0.2) is 54.7 Å². The average molecular weight is 388 g/mol. The van der Waals surface area contributed by atoms with Crippen LogP contribution in [0.5, 0.6) is 5.75 Å². The maximum Gasteiger partial charge on any atom is 0.279 e.